The van der Waals surface area contributed by atoms with Crippen molar-refractivity contribution in [2.75, 3.05) is 37.7 Å². The van der Waals surface area contributed by atoms with E-state index in [0.29, 0.717) is 17.4 Å². The Labute approximate surface area is 116 Å². The predicted molar refractivity (Wildman–Crippen MR) is 76.9 cm³/mol. The van der Waals surface area contributed by atoms with Crippen molar-refractivity contribution in [1.82, 2.24) is 10.2 Å². The van der Waals surface area contributed by atoms with Gasteiger partial charge < -0.3 is 10.2 Å². The van der Waals surface area contributed by atoms with E-state index in [1.807, 2.05) is 0 Å². The average Bonchev–Trinajstić information content (AvgIpc) is 3.11. The smallest absolute Gasteiger partial charge is 0.150 e. The summed E-state index contributed by atoms with van der Waals surface area (Å²) in [5, 5.41) is 3.73. The van der Waals surface area contributed by atoms with E-state index >= 15 is 0 Å². The lowest BCUT2D eigenvalue weighted by molar-refractivity contribution is 0.182. The van der Waals surface area contributed by atoms with Crippen LogP contribution in [0.4, 0.5) is 0 Å². The van der Waals surface area contributed by atoms with Crippen LogP contribution in [0.3, 0.4) is 0 Å². The molecule has 0 aromatic rings. The molecule has 3 fully saturated rings. The molecule has 5 heteroatoms. The van der Waals surface area contributed by atoms with E-state index in [1.54, 1.807) is 0 Å². The Morgan fingerprint density at radius 2 is 2.11 bits per heavy atom. The van der Waals surface area contributed by atoms with Gasteiger partial charge in [-0.15, -0.1) is 0 Å². The summed E-state index contributed by atoms with van der Waals surface area (Å²) in [4.78, 5) is 2.52. The van der Waals surface area contributed by atoms with Crippen molar-refractivity contribution in [2.24, 2.45) is 11.8 Å². The van der Waals surface area contributed by atoms with Crippen LogP contribution < -0.4 is 5.32 Å². The summed E-state index contributed by atoms with van der Waals surface area (Å²) in [7, 11) is -2.73. The summed E-state index contributed by atoms with van der Waals surface area (Å²) in [5.41, 5.74) is 0.258. The number of hydrogen-bond donors (Lipinski definition) is 1. The van der Waals surface area contributed by atoms with Gasteiger partial charge in [-0.3, -0.25) is 0 Å². The van der Waals surface area contributed by atoms with Gasteiger partial charge in [0.1, 0.15) is 0 Å². The lowest BCUT2D eigenvalue weighted by Gasteiger charge is -2.34. The highest BCUT2D eigenvalue weighted by atomic mass is 32.2. The van der Waals surface area contributed by atoms with Gasteiger partial charge in [-0.25, -0.2) is 8.42 Å². The van der Waals surface area contributed by atoms with Crippen molar-refractivity contribution in [3.05, 3.63) is 0 Å². The van der Waals surface area contributed by atoms with Gasteiger partial charge in [0, 0.05) is 18.6 Å². The summed E-state index contributed by atoms with van der Waals surface area (Å²) in [6, 6.07) is 0. The summed E-state index contributed by atoms with van der Waals surface area (Å²) in [6.45, 7) is 6.64. The normalized spacial score (nSPS) is 40.2. The SMILES string of the molecule is CC1(C2CC2)CN(CC2CCS(=O)(=O)C2)CCCN1. The van der Waals surface area contributed by atoms with Gasteiger partial charge >= 0.3 is 0 Å². The number of nitrogens with one attached hydrogen (secondary N) is 1. The van der Waals surface area contributed by atoms with Gasteiger partial charge in [-0.1, -0.05) is 0 Å². The molecular formula is C14H26N2O2S. The second-order valence-corrected chi connectivity index (χ2v) is 9.20. The molecule has 2 aliphatic heterocycles. The Hall–Kier alpha value is -0.130. The zero-order valence-electron chi connectivity index (χ0n) is 11.9. The molecule has 2 unspecified atom stereocenters. The molecule has 1 aliphatic carbocycles. The van der Waals surface area contributed by atoms with Crippen LogP contribution in [0.15, 0.2) is 0 Å². The Morgan fingerprint density at radius 3 is 2.74 bits per heavy atom. The molecule has 3 aliphatic rings. The minimum absolute atomic E-state index is 0.258. The molecule has 2 heterocycles. The van der Waals surface area contributed by atoms with E-state index in [2.05, 4.69) is 17.1 Å². The second-order valence-electron chi connectivity index (χ2n) is 6.98. The highest BCUT2D eigenvalue weighted by molar-refractivity contribution is 7.91. The molecule has 2 saturated heterocycles. The molecule has 0 spiro atoms. The Morgan fingerprint density at radius 1 is 1.32 bits per heavy atom. The number of hydrogen-bond acceptors (Lipinski definition) is 4. The van der Waals surface area contributed by atoms with Crippen LogP contribution in [-0.2, 0) is 9.84 Å². The predicted octanol–water partition coefficient (Wildman–Crippen LogP) is 0.885. The maximum Gasteiger partial charge on any atom is 0.150 e. The van der Waals surface area contributed by atoms with Crippen molar-refractivity contribution >= 4 is 9.84 Å². The molecule has 1 N–H and O–H groups in total. The summed E-state index contributed by atoms with van der Waals surface area (Å²) in [6.07, 6.45) is 4.76. The molecule has 1 saturated carbocycles. The molecule has 3 rings (SSSR count). The van der Waals surface area contributed by atoms with Gasteiger partial charge in [-0.05, 0) is 57.5 Å². The zero-order chi connectivity index (χ0) is 13.5. The first-order valence-electron chi connectivity index (χ1n) is 7.65. The monoisotopic (exact) mass is 286 g/mol. The zero-order valence-corrected chi connectivity index (χ0v) is 12.7. The molecule has 0 aromatic heterocycles. The minimum Gasteiger partial charge on any atom is -0.310 e. The third kappa shape index (κ3) is 3.31. The standard InChI is InChI=1S/C14H26N2O2S/c1-14(13-3-4-13)11-16(7-2-6-15-14)9-12-5-8-19(17,18)10-12/h12-13,15H,2-11H2,1H3. The van der Waals surface area contributed by atoms with Crippen molar-refractivity contribution in [3.8, 4) is 0 Å². The third-order valence-electron chi connectivity index (χ3n) is 5.05. The second kappa shape index (κ2) is 5.01. The first kappa shape index (κ1) is 13.8. The van der Waals surface area contributed by atoms with Gasteiger partial charge in [0.15, 0.2) is 9.84 Å². The van der Waals surface area contributed by atoms with E-state index in [9.17, 15) is 8.42 Å². The Bertz CT molecular complexity index is 433. The van der Waals surface area contributed by atoms with Crippen LogP contribution >= 0.6 is 0 Å². The van der Waals surface area contributed by atoms with Crippen molar-refractivity contribution in [3.63, 3.8) is 0 Å². The molecule has 2 atom stereocenters. The van der Waals surface area contributed by atoms with Gasteiger partial charge in [0.2, 0.25) is 0 Å². The fraction of sp³-hybridized carbons (Fsp3) is 1.00. The summed E-state index contributed by atoms with van der Waals surface area (Å²) >= 11 is 0. The Kier molecular flexibility index (Phi) is 3.65. The lowest BCUT2D eigenvalue weighted by Crippen LogP contribution is -2.51. The van der Waals surface area contributed by atoms with E-state index in [1.165, 1.54) is 19.3 Å². The molecule has 0 bridgehead atoms. The largest absolute Gasteiger partial charge is 0.310 e. The van der Waals surface area contributed by atoms with Gasteiger partial charge in [-0.2, -0.15) is 0 Å². The molecule has 0 aromatic carbocycles. The van der Waals surface area contributed by atoms with Gasteiger partial charge in [0.25, 0.3) is 0 Å². The van der Waals surface area contributed by atoms with Crippen LogP contribution in [-0.4, -0.2) is 56.5 Å². The highest BCUT2D eigenvalue weighted by Crippen LogP contribution is 2.40. The number of rotatable bonds is 3. The third-order valence-corrected chi connectivity index (χ3v) is 6.89. The molecule has 4 nitrogen and oxygen atoms in total. The topological polar surface area (TPSA) is 49.4 Å². The van der Waals surface area contributed by atoms with Crippen molar-refractivity contribution < 1.29 is 8.42 Å². The maximum atomic E-state index is 11.6. The quantitative estimate of drug-likeness (QED) is 0.837. The van der Waals surface area contributed by atoms with Crippen LogP contribution in [0.5, 0.6) is 0 Å². The maximum absolute atomic E-state index is 11.6. The molecule has 0 amide bonds. The lowest BCUT2D eigenvalue weighted by atomic mass is 9.95. The molecule has 110 valence electrons. The van der Waals surface area contributed by atoms with Crippen LogP contribution in [0.1, 0.15) is 32.6 Å². The first-order chi connectivity index (χ1) is 8.97. The number of nitrogens with zero attached hydrogens (tertiary/aromatic N) is 1. The molecule has 19 heavy (non-hydrogen) atoms. The van der Waals surface area contributed by atoms with Crippen LogP contribution in [0.25, 0.3) is 0 Å². The highest BCUT2D eigenvalue weighted by Gasteiger charge is 2.43. The minimum atomic E-state index is -2.73. The average molecular weight is 286 g/mol. The number of sulfone groups is 1. The van der Waals surface area contributed by atoms with Crippen LogP contribution in [0, 0.1) is 11.8 Å². The first-order valence-corrected chi connectivity index (χ1v) is 9.47. The van der Waals surface area contributed by atoms with E-state index < -0.39 is 9.84 Å². The van der Waals surface area contributed by atoms with Crippen LogP contribution in [0.2, 0.25) is 0 Å². The van der Waals surface area contributed by atoms with Crippen molar-refractivity contribution in [1.29, 1.82) is 0 Å². The summed E-state index contributed by atoms with van der Waals surface area (Å²) in [5.74, 6) is 2.02. The molecule has 0 radical (unpaired) electrons. The van der Waals surface area contributed by atoms with E-state index in [0.717, 1.165) is 38.5 Å². The van der Waals surface area contributed by atoms with E-state index in [-0.39, 0.29) is 5.54 Å². The van der Waals surface area contributed by atoms with E-state index in [4.69, 9.17) is 0 Å². The Balaban J connectivity index is 1.60. The summed E-state index contributed by atoms with van der Waals surface area (Å²) < 4.78 is 23.1. The fourth-order valence-corrected chi connectivity index (χ4v) is 5.66. The van der Waals surface area contributed by atoms with Gasteiger partial charge in [0.05, 0.1) is 11.5 Å². The van der Waals surface area contributed by atoms with Crippen molar-refractivity contribution in [2.45, 2.75) is 38.1 Å². The molecular weight excluding hydrogens is 260 g/mol. The fourth-order valence-electron chi connectivity index (χ4n) is 3.81.